The zero-order chi connectivity index (χ0) is 22.0. The smallest absolute Gasteiger partial charge is 0.405 e. The number of benzene rings is 1. The second-order valence-corrected chi connectivity index (χ2v) is 5.49. The van der Waals surface area contributed by atoms with Crippen molar-refractivity contribution in [3.63, 3.8) is 0 Å². The largest absolute Gasteiger partial charge is 0.478 e. The first kappa shape index (κ1) is 23.6. The van der Waals surface area contributed by atoms with Crippen LogP contribution in [0.2, 0.25) is 0 Å². The van der Waals surface area contributed by atoms with Crippen molar-refractivity contribution in [3.8, 4) is 0 Å². The zero-order valence-corrected chi connectivity index (χ0v) is 16.0. The highest BCUT2D eigenvalue weighted by molar-refractivity contribution is 5.91. The number of anilines is 1. The molecule has 7 nitrogen and oxygen atoms in total. The Morgan fingerprint density at radius 2 is 2.00 bits per heavy atom. The molecule has 1 aromatic carbocycles. The fourth-order valence-electron chi connectivity index (χ4n) is 2.30. The standard InChI is InChI=1S/C17H17F3N4O3.C2H6/c18-17(19,20)10-22-16(27)23-13-3-1-2-12(8-13)14(9-21)24-6-4-11(5-7-24)15(25)26;1-2/h1-6,8-9H,7,10,21H2,(H,25,26)(H2,22,23,27);1-2H3/b14-9-;. The van der Waals surface area contributed by atoms with Crippen LogP contribution in [-0.2, 0) is 4.79 Å². The lowest BCUT2D eigenvalue weighted by Crippen LogP contribution is -2.36. The molecule has 2 amide bonds. The minimum atomic E-state index is -4.50. The molecule has 0 fully saturated rings. The van der Waals surface area contributed by atoms with E-state index in [4.69, 9.17) is 10.8 Å². The van der Waals surface area contributed by atoms with E-state index in [0.717, 1.165) is 0 Å². The molecule has 1 aliphatic rings. The molecule has 1 aliphatic heterocycles. The van der Waals surface area contributed by atoms with E-state index in [9.17, 15) is 22.8 Å². The van der Waals surface area contributed by atoms with Crippen LogP contribution in [0.15, 0.2) is 54.4 Å². The number of nitrogens with zero attached hydrogens (tertiary/aromatic N) is 1. The number of nitrogens with one attached hydrogen (secondary N) is 2. The Balaban J connectivity index is 0.00000204. The van der Waals surface area contributed by atoms with Crippen LogP contribution in [0.25, 0.3) is 5.70 Å². The number of carboxylic acid groups (broad SMARTS) is 1. The molecule has 0 saturated heterocycles. The Labute approximate surface area is 166 Å². The highest BCUT2D eigenvalue weighted by Gasteiger charge is 2.27. The fourth-order valence-corrected chi connectivity index (χ4v) is 2.30. The lowest BCUT2D eigenvalue weighted by molar-refractivity contribution is -0.132. The van der Waals surface area contributed by atoms with Gasteiger partial charge in [0, 0.05) is 30.2 Å². The molecule has 0 atom stereocenters. The van der Waals surface area contributed by atoms with Gasteiger partial charge in [0.25, 0.3) is 0 Å². The van der Waals surface area contributed by atoms with Crippen LogP contribution in [0.5, 0.6) is 0 Å². The quantitative estimate of drug-likeness (QED) is 0.592. The van der Waals surface area contributed by atoms with E-state index >= 15 is 0 Å². The maximum Gasteiger partial charge on any atom is 0.405 e. The first-order valence-electron chi connectivity index (χ1n) is 8.72. The van der Waals surface area contributed by atoms with Crippen molar-refractivity contribution in [2.24, 2.45) is 5.73 Å². The fraction of sp³-hybridized carbons (Fsp3) is 0.263. The molecule has 5 N–H and O–H groups in total. The highest BCUT2D eigenvalue weighted by atomic mass is 19.4. The number of hydrogen-bond acceptors (Lipinski definition) is 4. The van der Waals surface area contributed by atoms with Crippen molar-refractivity contribution in [2.45, 2.75) is 20.0 Å². The summed E-state index contributed by atoms with van der Waals surface area (Å²) in [4.78, 5) is 24.2. The predicted molar refractivity (Wildman–Crippen MR) is 105 cm³/mol. The third-order valence-electron chi connectivity index (χ3n) is 3.52. The molecule has 0 aromatic heterocycles. The Hall–Kier alpha value is -3.43. The van der Waals surface area contributed by atoms with Crippen molar-refractivity contribution in [3.05, 3.63) is 60.0 Å². The first-order valence-corrected chi connectivity index (χ1v) is 8.72. The van der Waals surface area contributed by atoms with Crippen molar-refractivity contribution < 1.29 is 27.9 Å². The molecule has 0 aliphatic carbocycles. The lowest BCUT2D eigenvalue weighted by atomic mass is 10.1. The van der Waals surface area contributed by atoms with Gasteiger partial charge in [-0.25, -0.2) is 9.59 Å². The van der Waals surface area contributed by atoms with Gasteiger partial charge in [0.1, 0.15) is 6.54 Å². The molecule has 0 unspecified atom stereocenters. The molecule has 1 aromatic rings. The second kappa shape index (κ2) is 10.8. The summed E-state index contributed by atoms with van der Waals surface area (Å²) in [5.74, 6) is -1.04. The van der Waals surface area contributed by atoms with Gasteiger partial charge in [-0.1, -0.05) is 32.1 Å². The average Bonchev–Trinajstić information content (AvgIpc) is 2.69. The van der Waals surface area contributed by atoms with Crippen molar-refractivity contribution in [1.82, 2.24) is 10.2 Å². The minimum absolute atomic E-state index is 0.152. The summed E-state index contributed by atoms with van der Waals surface area (Å²) in [6.07, 6.45) is 1.29. The van der Waals surface area contributed by atoms with E-state index in [0.29, 0.717) is 11.3 Å². The Bertz CT molecular complexity index is 817. The molecule has 0 saturated carbocycles. The minimum Gasteiger partial charge on any atom is -0.478 e. The van der Waals surface area contributed by atoms with Gasteiger partial charge in [-0.2, -0.15) is 13.2 Å². The number of carboxylic acids is 1. The summed E-state index contributed by atoms with van der Waals surface area (Å²) in [6.45, 7) is 2.83. The number of carbonyl (C=O) groups excluding carboxylic acids is 1. The van der Waals surface area contributed by atoms with Crippen LogP contribution in [-0.4, -0.2) is 41.3 Å². The number of rotatable bonds is 5. The second-order valence-electron chi connectivity index (χ2n) is 5.49. The maximum absolute atomic E-state index is 12.1. The number of urea groups is 1. The number of hydrogen-bond donors (Lipinski definition) is 4. The summed E-state index contributed by atoms with van der Waals surface area (Å²) in [5, 5.41) is 13.0. The molecule has 29 heavy (non-hydrogen) atoms. The summed E-state index contributed by atoms with van der Waals surface area (Å²) in [6, 6.07) is 5.36. The van der Waals surface area contributed by atoms with Gasteiger partial charge in [0.2, 0.25) is 0 Å². The number of halogens is 3. The Morgan fingerprint density at radius 1 is 1.31 bits per heavy atom. The Kier molecular flexibility index (Phi) is 8.78. The van der Waals surface area contributed by atoms with E-state index in [2.05, 4.69) is 5.32 Å². The van der Waals surface area contributed by atoms with Crippen molar-refractivity contribution in [1.29, 1.82) is 0 Å². The van der Waals surface area contributed by atoms with Gasteiger partial charge in [-0.3, -0.25) is 0 Å². The SMILES string of the molecule is CC.N/C=C(/c1cccc(NC(=O)NCC(F)(F)F)c1)N1C=CC(C(=O)O)=CC1. The third kappa shape index (κ3) is 7.60. The van der Waals surface area contributed by atoms with Crippen molar-refractivity contribution >= 4 is 23.4 Å². The molecule has 1 heterocycles. The molecule has 2 rings (SSSR count). The average molecular weight is 412 g/mol. The first-order chi connectivity index (χ1) is 13.7. The zero-order valence-electron chi connectivity index (χ0n) is 16.0. The molecule has 0 bridgehead atoms. The number of carbonyl (C=O) groups is 2. The third-order valence-corrected chi connectivity index (χ3v) is 3.52. The van der Waals surface area contributed by atoms with Gasteiger partial charge in [-0.05, 0) is 18.2 Å². The molecular formula is C19H23F3N4O3. The van der Waals surface area contributed by atoms with Crippen LogP contribution in [0.4, 0.5) is 23.7 Å². The van der Waals surface area contributed by atoms with Crippen LogP contribution < -0.4 is 16.4 Å². The maximum atomic E-state index is 12.1. The van der Waals surface area contributed by atoms with E-state index in [1.165, 1.54) is 30.5 Å². The van der Waals surface area contributed by atoms with E-state index < -0.39 is 24.7 Å². The van der Waals surface area contributed by atoms with Crippen LogP contribution >= 0.6 is 0 Å². The van der Waals surface area contributed by atoms with Gasteiger partial charge in [-0.15, -0.1) is 0 Å². The monoisotopic (exact) mass is 412 g/mol. The van der Waals surface area contributed by atoms with Gasteiger partial charge in [0.05, 0.1) is 11.3 Å². The Morgan fingerprint density at radius 3 is 2.52 bits per heavy atom. The van der Waals surface area contributed by atoms with Crippen molar-refractivity contribution in [2.75, 3.05) is 18.4 Å². The molecular weight excluding hydrogens is 389 g/mol. The van der Waals surface area contributed by atoms with Gasteiger partial charge in [0.15, 0.2) is 0 Å². The number of nitrogens with two attached hydrogens (primary N) is 1. The topological polar surface area (TPSA) is 108 Å². The van der Waals surface area contributed by atoms with Gasteiger partial charge >= 0.3 is 18.2 Å². The molecule has 0 radical (unpaired) electrons. The normalized spacial score (nSPS) is 13.8. The lowest BCUT2D eigenvalue weighted by Gasteiger charge is -2.25. The predicted octanol–water partition coefficient (Wildman–Crippen LogP) is 3.49. The van der Waals surface area contributed by atoms with E-state index in [1.807, 2.05) is 13.8 Å². The highest BCUT2D eigenvalue weighted by Crippen LogP contribution is 2.24. The molecule has 158 valence electrons. The number of alkyl halides is 3. The summed E-state index contributed by atoms with van der Waals surface area (Å²) in [5.41, 5.74) is 7.22. The summed E-state index contributed by atoms with van der Waals surface area (Å²) < 4.78 is 36.4. The molecule has 0 spiro atoms. The molecule has 10 heteroatoms. The van der Waals surface area contributed by atoms with Crippen LogP contribution in [0.3, 0.4) is 0 Å². The summed E-state index contributed by atoms with van der Waals surface area (Å²) in [7, 11) is 0. The van der Waals surface area contributed by atoms with E-state index in [1.54, 1.807) is 28.5 Å². The van der Waals surface area contributed by atoms with Gasteiger partial charge < -0.3 is 26.4 Å². The summed E-state index contributed by atoms with van der Waals surface area (Å²) >= 11 is 0. The van der Waals surface area contributed by atoms with Crippen LogP contribution in [0, 0.1) is 0 Å². The van der Waals surface area contributed by atoms with Crippen LogP contribution in [0.1, 0.15) is 19.4 Å². The van der Waals surface area contributed by atoms with E-state index in [-0.39, 0.29) is 17.8 Å². The number of amides is 2. The number of aliphatic carboxylic acids is 1.